The Morgan fingerprint density at radius 1 is 0.453 bits per heavy atom. The van der Waals surface area contributed by atoms with E-state index >= 15 is 0 Å². The van der Waals surface area contributed by atoms with E-state index in [4.69, 9.17) is 0 Å². The topological polar surface area (TPSA) is 3.24 Å². The van der Waals surface area contributed by atoms with E-state index in [9.17, 15) is 0 Å². The molecule has 4 saturated carbocycles. The molecular formula is C52H51N. The monoisotopic (exact) mass is 689 g/mol. The molecule has 53 heavy (non-hydrogen) atoms. The molecule has 0 heterocycles. The van der Waals surface area contributed by atoms with E-state index in [2.05, 4.69) is 160 Å². The Labute approximate surface area is 316 Å². The zero-order chi connectivity index (χ0) is 35.7. The maximum absolute atomic E-state index is 2.56. The first-order chi connectivity index (χ1) is 25.7. The molecule has 0 amide bonds. The summed E-state index contributed by atoms with van der Waals surface area (Å²) >= 11 is 0. The molecule has 1 nitrogen and oxygen atoms in total. The fourth-order valence-electron chi connectivity index (χ4n) is 12.8. The predicted molar refractivity (Wildman–Crippen MR) is 223 cm³/mol. The van der Waals surface area contributed by atoms with Crippen molar-refractivity contribution in [3.63, 3.8) is 0 Å². The summed E-state index contributed by atoms with van der Waals surface area (Å²) in [5.74, 6) is 3.44. The molecule has 0 aromatic heterocycles. The Kier molecular flexibility index (Phi) is 6.74. The highest BCUT2D eigenvalue weighted by Gasteiger charge is 2.61. The molecule has 264 valence electrons. The Bertz CT molecular complexity index is 2400. The van der Waals surface area contributed by atoms with Gasteiger partial charge in [0.05, 0.1) is 0 Å². The maximum Gasteiger partial charge on any atom is 0.0468 e. The van der Waals surface area contributed by atoms with E-state index in [-0.39, 0.29) is 16.2 Å². The van der Waals surface area contributed by atoms with Gasteiger partial charge in [-0.15, -0.1) is 0 Å². The average Bonchev–Trinajstić information content (AvgIpc) is 3.46. The molecule has 0 aliphatic heterocycles. The number of hydrogen-bond donors (Lipinski definition) is 0. The van der Waals surface area contributed by atoms with Crippen LogP contribution in [0.15, 0.2) is 127 Å². The third-order valence-corrected chi connectivity index (χ3v) is 15.1. The molecule has 0 saturated heterocycles. The first-order valence-electron chi connectivity index (χ1n) is 20.5. The quantitative estimate of drug-likeness (QED) is 0.178. The van der Waals surface area contributed by atoms with Gasteiger partial charge in [-0.1, -0.05) is 119 Å². The molecule has 1 spiro atoms. The lowest BCUT2D eigenvalue weighted by molar-refractivity contribution is -0.0399. The molecule has 12 rings (SSSR count). The Balaban J connectivity index is 1.06. The van der Waals surface area contributed by atoms with E-state index in [0.717, 1.165) is 23.7 Å². The van der Waals surface area contributed by atoms with Crippen LogP contribution >= 0.6 is 0 Å². The van der Waals surface area contributed by atoms with Gasteiger partial charge in [0.2, 0.25) is 0 Å². The molecule has 4 fully saturated rings. The molecule has 0 N–H and O–H groups in total. The van der Waals surface area contributed by atoms with Crippen molar-refractivity contribution in [3.05, 3.63) is 150 Å². The largest absolute Gasteiger partial charge is 0.310 e. The highest BCUT2D eigenvalue weighted by atomic mass is 15.1. The molecule has 0 unspecified atom stereocenters. The van der Waals surface area contributed by atoms with Crippen LogP contribution in [0.4, 0.5) is 17.1 Å². The molecule has 0 atom stereocenters. The van der Waals surface area contributed by atoms with Crippen molar-refractivity contribution < 1.29 is 0 Å². The van der Waals surface area contributed by atoms with Gasteiger partial charge in [0.15, 0.2) is 0 Å². The minimum Gasteiger partial charge on any atom is -0.310 e. The predicted octanol–water partition coefficient (Wildman–Crippen LogP) is 14.0. The van der Waals surface area contributed by atoms with Crippen LogP contribution in [0.3, 0.4) is 0 Å². The van der Waals surface area contributed by atoms with E-state index in [1.807, 2.05) is 0 Å². The van der Waals surface area contributed by atoms with Gasteiger partial charge >= 0.3 is 0 Å². The number of fused-ring (bicyclic) bond motifs is 5. The molecule has 0 radical (unpaired) electrons. The van der Waals surface area contributed by atoms with Crippen LogP contribution in [0.25, 0.3) is 33.0 Å². The van der Waals surface area contributed by atoms with Crippen molar-refractivity contribution in [3.8, 4) is 22.3 Å². The first-order valence-corrected chi connectivity index (χ1v) is 20.5. The highest BCUT2D eigenvalue weighted by molar-refractivity contribution is 5.92. The summed E-state index contributed by atoms with van der Waals surface area (Å²) in [6, 6.07) is 49.3. The Morgan fingerprint density at radius 3 is 1.81 bits per heavy atom. The minimum absolute atomic E-state index is 0.145. The summed E-state index contributed by atoms with van der Waals surface area (Å²) in [6.07, 6.45) is 9.58. The lowest BCUT2D eigenvalue weighted by Gasteiger charge is -2.61. The summed E-state index contributed by atoms with van der Waals surface area (Å²) in [7, 11) is 0. The normalized spacial score (nSPS) is 26.7. The van der Waals surface area contributed by atoms with Gasteiger partial charge in [-0.05, 0) is 171 Å². The van der Waals surface area contributed by atoms with Gasteiger partial charge in [-0.2, -0.15) is 0 Å². The number of nitrogens with zero attached hydrogens (tertiary/aromatic N) is 1. The maximum atomic E-state index is 2.56. The van der Waals surface area contributed by atoms with Crippen LogP contribution in [0.2, 0.25) is 0 Å². The van der Waals surface area contributed by atoms with Crippen LogP contribution in [0.5, 0.6) is 0 Å². The minimum atomic E-state index is 0.145. The smallest absolute Gasteiger partial charge is 0.0468 e. The molecule has 6 aromatic rings. The van der Waals surface area contributed by atoms with Crippen molar-refractivity contribution >= 4 is 27.8 Å². The van der Waals surface area contributed by atoms with Gasteiger partial charge in [-0.3, -0.25) is 0 Å². The lowest BCUT2D eigenvalue weighted by Crippen LogP contribution is -2.55. The van der Waals surface area contributed by atoms with E-state index in [0.29, 0.717) is 0 Å². The van der Waals surface area contributed by atoms with Gasteiger partial charge in [0.25, 0.3) is 0 Å². The summed E-state index contributed by atoms with van der Waals surface area (Å²) in [6.45, 7) is 9.74. The highest BCUT2D eigenvalue weighted by Crippen LogP contribution is 2.69. The van der Waals surface area contributed by atoms with Crippen LogP contribution in [-0.4, -0.2) is 0 Å². The van der Waals surface area contributed by atoms with Crippen LogP contribution in [-0.2, 0) is 16.2 Å². The Morgan fingerprint density at radius 2 is 1.04 bits per heavy atom. The summed E-state index contributed by atoms with van der Waals surface area (Å²) < 4.78 is 0. The number of benzene rings is 6. The van der Waals surface area contributed by atoms with Crippen LogP contribution in [0, 0.1) is 23.7 Å². The average molecular weight is 690 g/mol. The third-order valence-electron chi connectivity index (χ3n) is 15.1. The molecular weight excluding hydrogens is 639 g/mol. The second kappa shape index (κ2) is 11.2. The van der Waals surface area contributed by atoms with Crippen molar-refractivity contribution in [2.24, 2.45) is 23.7 Å². The third kappa shape index (κ3) is 4.55. The molecule has 4 bridgehead atoms. The summed E-state index contributed by atoms with van der Waals surface area (Å²) in [4.78, 5) is 2.51. The zero-order valence-electron chi connectivity index (χ0n) is 31.8. The van der Waals surface area contributed by atoms with Gasteiger partial charge in [0, 0.05) is 22.5 Å². The zero-order valence-corrected chi connectivity index (χ0v) is 31.8. The fourth-order valence-corrected chi connectivity index (χ4v) is 12.8. The van der Waals surface area contributed by atoms with Crippen molar-refractivity contribution in [2.75, 3.05) is 4.90 Å². The second-order valence-corrected chi connectivity index (χ2v) is 18.9. The van der Waals surface area contributed by atoms with Crippen molar-refractivity contribution in [1.82, 2.24) is 0 Å². The van der Waals surface area contributed by atoms with Gasteiger partial charge in [0.1, 0.15) is 0 Å². The summed E-state index contributed by atoms with van der Waals surface area (Å²) in [5.41, 5.74) is 16.1. The lowest BCUT2D eigenvalue weighted by atomic mass is 9.43. The fraction of sp³-hybridized carbons (Fsp3) is 0.346. The van der Waals surface area contributed by atoms with E-state index in [1.54, 1.807) is 11.1 Å². The van der Waals surface area contributed by atoms with Crippen molar-refractivity contribution in [2.45, 2.75) is 88.9 Å². The van der Waals surface area contributed by atoms with Gasteiger partial charge in [-0.25, -0.2) is 0 Å². The first kappa shape index (κ1) is 31.9. The Hall–Kier alpha value is -4.62. The van der Waals surface area contributed by atoms with E-state index in [1.165, 1.54) is 106 Å². The summed E-state index contributed by atoms with van der Waals surface area (Å²) in [5, 5.41) is 2.55. The standard InChI is InChI=1S/C52H51N/c1-50(2)24-25-51(3,4)49-43(13-9-15-48(49)50)36-17-19-40(20-18-36)53(41-21-16-35-10-5-6-11-37(35)31-41)42-22-23-47-45(32-42)44-12-7-8-14-46(44)52(47)38-27-33-26-34(29-38)30-39(52)28-33/h5-23,31-34,38-39H,24-30H2,1-4H3. The molecule has 1 heteroatoms. The number of hydrogen-bond acceptors (Lipinski definition) is 1. The second-order valence-electron chi connectivity index (χ2n) is 18.9. The molecule has 6 aliphatic rings. The van der Waals surface area contributed by atoms with Crippen molar-refractivity contribution in [1.29, 1.82) is 0 Å². The van der Waals surface area contributed by atoms with Crippen LogP contribution < -0.4 is 4.90 Å². The number of rotatable bonds is 4. The molecule has 6 aromatic carbocycles. The number of anilines is 3. The van der Waals surface area contributed by atoms with Crippen LogP contribution in [0.1, 0.15) is 94.9 Å². The van der Waals surface area contributed by atoms with Gasteiger partial charge < -0.3 is 4.90 Å². The molecule has 6 aliphatic carbocycles. The SMILES string of the molecule is CC1(C)CCC(C)(C)c2c(-c3ccc(N(c4ccc5c(c4)-c4ccccc4C54C5CC6CC(C5)CC4C6)c4ccc5ccccc5c4)cc3)cccc21. The van der Waals surface area contributed by atoms with E-state index < -0.39 is 0 Å².